The Bertz CT molecular complexity index is 1180. The van der Waals surface area contributed by atoms with Gasteiger partial charge in [0.15, 0.2) is 11.9 Å². The second kappa shape index (κ2) is 9.37. The van der Waals surface area contributed by atoms with E-state index in [9.17, 15) is 9.59 Å². The molecule has 0 saturated heterocycles. The third-order valence-electron chi connectivity index (χ3n) is 6.64. The average molecular weight is 459 g/mol. The molecule has 1 fully saturated rings. The Hall–Kier alpha value is -3.54. The number of furan rings is 1. The summed E-state index contributed by atoms with van der Waals surface area (Å²) >= 11 is 0. The predicted octanol–water partition coefficient (Wildman–Crippen LogP) is 4.67. The first kappa shape index (κ1) is 22.3. The van der Waals surface area contributed by atoms with E-state index in [-0.39, 0.29) is 17.9 Å². The summed E-state index contributed by atoms with van der Waals surface area (Å²) in [7, 11) is 0. The summed E-state index contributed by atoms with van der Waals surface area (Å²) in [4.78, 5) is 27.7. The maximum Gasteiger partial charge on any atom is 0.290 e. The fraction of sp³-hybridized carbons (Fsp3) is 0.357. The Kier molecular flexibility index (Phi) is 6.14. The van der Waals surface area contributed by atoms with Crippen LogP contribution < -0.4 is 10.1 Å². The highest BCUT2D eigenvalue weighted by molar-refractivity contribution is 5.92. The summed E-state index contributed by atoms with van der Waals surface area (Å²) in [6.07, 6.45) is 4.04. The number of carbonyl (C=O) groups excluding carboxylic acids is 2. The molecule has 1 aliphatic heterocycles. The minimum atomic E-state index is -0.598. The number of ether oxygens (including phenoxy) is 1. The summed E-state index contributed by atoms with van der Waals surface area (Å²) in [5.41, 5.74) is 4.35. The van der Waals surface area contributed by atoms with E-state index in [4.69, 9.17) is 9.15 Å². The number of fused-ring (bicyclic) bond motifs is 1. The number of benzene rings is 2. The van der Waals surface area contributed by atoms with Crippen LogP contribution in [0, 0.1) is 12.8 Å². The highest BCUT2D eigenvalue weighted by Crippen LogP contribution is 2.38. The van der Waals surface area contributed by atoms with E-state index in [2.05, 4.69) is 23.5 Å². The van der Waals surface area contributed by atoms with Crippen molar-refractivity contribution in [3.8, 4) is 5.75 Å². The van der Waals surface area contributed by atoms with Gasteiger partial charge in [-0.15, -0.1) is 0 Å². The maximum absolute atomic E-state index is 13.4. The van der Waals surface area contributed by atoms with Crippen molar-refractivity contribution in [2.24, 2.45) is 5.92 Å². The van der Waals surface area contributed by atoms with Crippen molar-refractivity contribution in [3.05, 3.63) is 88.9 Å². The second-order valence-corrected chi connectivity index (χ2v) is 9.35. The van der Waals surface area contributed by atoms with Crippen LogP contribution in [-0.4, -0.2) is 35.9 Å². The second-order valence-electron chi connectivity index (χ2n) is 9.35. The van der Waals surface area contributed by atoms with Crippen molar-refractivity contribution in [1.82, 2.24) is 10.2 Å². The zero-order valence-corrected chi connectivity index (χ0v) is 19.6. The molecule has 1 aromatic heterocycles. The Balaban J connectivity index is 1.45. The fourth-order valence-corrected chi connectivity index (χ4v) is 4.60. The van der Waals surface area contributed by atoms with Gasteiger partial charge in [0.25, 0.3) is 11.8 Å². The number of rotatable bonds is 7. The Morgan fingerprint density at radius 3 is 2.74 bits per heavy atom. The SMILES string of the molecule is Cc1cccc([C@@H]2c3cc(O[C@@H](C)C(=O)NCC4CC4)ccc3CCN2C(=O)c2ccco2)c1. The first-order valence-electron chi connectivity index (χ1n) is 12.0. The number of nitrogens with zero attached hydrogens (tertiary/aromatic N) is 1. The molecule has 1 saturated carbocycles. The van der Waals surface area contributed by atoms with Crippen LogP contribution in [0.25, 0.3) is 0 Å². The lowest BCUT2D eigenvalue weighted by Crippen LogP contribution is -2.40. The minimum absolute atomic E-state index is 0.102. The van der Waals surface area contributed by atoms with E-state index in [0.29, 0.717) is 24.0 Å². The van der Waals surface area contributed by atoms with Crippen LogP contribution in [-0.2, 0) is 11.2 Å². The average Bonchev–Trinajstić information content (AvgIpc) is 3.51. The molecule has 2 heterocycles. The Morgan fingerprint density at radius 1 is 1.15 bits per heavy atom. The highest BCUT2D eigenvalue weighted by atomic mass is 16.5. The van der Waals surface area contributed by atoms with Crippen molar-refractivity contribution >= 4 is 11.8 Å². The quantitative estimate of drug-likeness (QED) is 0.559. The zero-order valence-electron chi connectivity index (χ0n) is 19.6. The van der Waals surface area contributed by atoms with E-state index in [0.717, 1.165) is 29.7 Å². The molecule has 6 heteroatoms. The zero-order chi connectivity index (χ0) is 23.7. The van der Waals surface area contributed by atoms with E-state index in [1.165, 1.54) is 24.7 Å². The number of hydrogen-bond acceptors (Lipinski definition) is 4. The normalized spacial score (nSPS) is 18.2. The summed E-state index contributed by atoms with van der Waals surface area (Å²) < 4.78 is 11.5. The van der Waals surface area contributed by atoms with Crippen LogP contribution in [0.1, 0.15) is 58.6 Å². The van der Waals surface area contributed by atoms with Gasteiger partial charge in [0.1, 0.15) is 5.75 Å². The van der Waals surface area contributed by atoms with Gasteiger partial charge in [-0.3, -0.25) is 9.59 Å². The topological polar surface area (TPSA) is 71.8 Å². The number of nitrogens with one attached hydrogen (secondary N) is 1. The molecule has 3 aromatic rings. The molecule has 5 rings (SSSR count). The molecule has 0 spiro atoms. The first-order valence-corrected chi connectivity index (χ1v) is 12.0. The van der Waals surface area contributed by atoms with Crippen LogP contribution in [0.15, 0.2) is 65.3 Å². The third-order valence-corrected chi connectivity index (χ3v) is 6.64. The van der Waals surface area contributed by atoms with Crippen LogP contribution in [0.2, 0.25) is 0 Å². The molecular formula is C28H30N2O4. The van der Waals surface area contributed by atoms with Crippen molar-refractivity contribution in [1.29, 1.82) is 0 Å². The monoisotopic (exact) mass is 458 g/mol. The van der Waals surface area contributed by atoms with Crippen molar-refractivity contribution in [3.63, 3.8) is 0 Å². The molecule has 1 N–H and O–H groups in total. The van der Waals surface area contributed by atoms with E-state index in [1.54, 1.807) is 19.1 Å². The molecule has 176 valence electrons. The third kappa shape index (κ3) is 4.72. The molecule has 2 aliphatic rings. The molecular weight excluding hydrogens is 428 g/mol. The van der Waals surface area contributed by atoms with Crippen LogP contribution in [0.4, 0.5) is 0 Å². The van der Waals surface area contributed by atoms with Gasteiger partial charge in [-0.2, -0.15) is 0 Å². The highest BCUT2D eigenvalue weighted by Gasteiger charge is 2.34. The molecule has 0 unspecified atom stereocenters. The summed E-state index contributed by atoms with van der Waals surface area (Å²) in [6.45, 7) is 5.13. The number of hydrogen-bond donors (Lipinski definition) is 1. The van der Waals surface area contributed by atoms with Gasteiger partial charge in [0.05, 0.1) is 12.3 Å². The van der Waals surface area contributed by atoms with Crippen LogP contribution >= 0.6 is 0 Å². The molecule has 2 aromatic carbocycles. The Labute approximate surface area is 199 Å². The van der Waals surface area contributed by atoms with E-state index in [1.807, 2.05) is 36.1 Å². The number of aryl methyl sites for hydroxylation is 1. The number of carbonyl (C=O) groups is 2. The van der Waals surface area contributed by atoms with Crippen molar-refractivity contribution in [2.45, 2.75) is 45.3 Å². The standard InChI is InChI=1S/C28H30N2O4/c1-18-5-3-6-22(15-18)26-24-16-23(34-19(2)27(31)29-17-20-8-9-20)11-10-21(24)12-13-30(26)28(32)25-7-4-14-33-25/h3-7,10-11,14-16,19-20,26H,8-9,12-13,17H2,1-2H3,(H,29,31)/t19-,26+/m0/s1. The number of amides is 2. The van der Waals surface area contributed by atoms with Crippen LogP contribution in [0.5, 0.6) is 5.75 Å². The van der Waals surface area contributed by atoms with Gasteiger partial charge >= 0.3 is 0 Å². The molecule has 0 bridgehead atoms. The largest absolute Gasteiger partial charge is 0.481 e. The minimum Gasteiger partial charge on any atom is -0.481 e. The van der Waals surface area contributed by atoms with Gasteiger partial charge in [-0.05, 0) is 80.0 Å². The van der Waals surface area contributed by atoms with E-state index < -0.39 is 6.10 Å². The predicted molar refractivity (Wildman–Crippen MR) is 129 cm³/mol. The molecule has 34 heavy (non-hydrogen) atoms. The Morgan fingerprint density at radius 2 is 2.00 bits per heavy atom. The summed E-state index contributed by atoms with van der Waals surface area (Å²) in [5, 5.41) is 2.98. The molecule has 1 aliphatic carbocycles. The summed E-state index contributed by atoms with van der Waals surface area (Å²) in [6, 6.07) is 17.3. The molecule has 2 amide bonds. The maximum atomic E-state index is 13.4. The van der Waals surface area contributed by atoms with E-state index >= 15 is 0 Å². The molecule has 6 nitrogen and oxygen atoms in total. The molecule has 2 atom stereocenters. The molecule has 0 radical (unpaired) electrons. The van der Waals surface area contributed by atoms with Gasteiger partial charge in [0, 0.05) is 13.1 Å². The summed E-state index contributed by atoms with van der Waals surface area (Å²) in [5.74, 6) is 1.33. The lowest BCUT2D eigenvalue weighted by molar-refractivity contribution is -0.127. The van der Waals surface area contributed by atoms with Crippen molar-refractivity contribution < 1.29 is 18.7 Å². The fourth-order valence-electron chi connectivity index (χ4n) is 4.60. The smallest absolute Gasteiger partial charge is 0.290 e. The van der Waals surface area contributed by atoms with Crippen molar-refractivity contribution in [2.75, 3.05) is 13.1 Å². The van der Waals surface area contributed by atoms with Gasteiger partial charge in [-0.25, -0.2) is 0 Å². The van der Waals surface area contributed by atoms with Gasteiger partial charge in [-0.1, -0.05) is 35.9 Å². The van der Waals surface area contributed by atoms with Crippen LogP contribution in [0.3, 0.4) is 0 Å². The lowest BCUT2D eigenvalue weighted by atomic mass is 9.87. The first-order chi connectivity index (χ1) is 16.5. The van der Waals surface area contributed by atoms with Gasteiger partial charge in [0.2, 0.25) is 0 Å². The van der Waals surface area contributed by atoms with Gasteiger partial charge < -0.3 is 19.4 Å². The lowest BCUT2D eigenvalue weighted by Gasteiger charge is -2.37.